The molecule has 0 saturated heterocycles. The van der Waals surface area contributed by atoms with E-state index in [-0.39, 0.29) is 5.91 Å². The molecule has 4 rings (SSSR count). The van der Waals surface area contributed by atoms with Crippen molar-refractivity contribution in [2.75, 3.05) is 13.7 Å². The van der Waals surface area contributed by atoms with Crippen molar-refractivity contribution in [1.82, 2.24) is 14.9 Å². The Morgan fingerprint density at radius 2 is 1.84 bits per heavy atom. The summed E-state index contributed by atoms with van der Waals surface area (Å²) in [5.41, 5.74) is 3.49. The van der Waals surface area contributed by atoms with Crippen molar-refractivity contribution < 1.29 is 9.53 Å². The van der Waals surface area contributed by atoms with Gasteiger partial charge in [0.25, 0.3) is 5.91 Å². The van der Waals surface area contributed by atoms with E-state index in [4.69, 9.17) is 32.9 Å². The SMILES string of the molecule is COc1ccccc1C(=O)NCCCc1nc2ccccc2n1Cc1ccc(Cl)cc1Cl. The fourth-order valence-electron chi connectivity index (χ4n) is 3.69. The zero-order chi connectivity index (χ0) is 22.5. The van der Waals surface area contributed by atoms with Gasteiger partial charge in [-0.15, -0.1) is 0 Å². The predicted molar refractivity (Wildman–Crippen MR) is 129 cm³/mol. The molecule has 0 radical (unpaired) electrons. The topological polar surface area (TPSA) is 56.1 Å². The van der Waals surface area contributed by atoms with Crippen molar-refractivity contribution in [3.05, 3.63) is 93.7 Å². The van der Waals surface area contributed by atoms with Crippen LogP contribution in [-0.4, -0.2) is 29.1 Å². The van der Waals surface area contributed by atoms with E-state index in [0.717, 1.165) is 28.8 Å². The minimum atomic E-state index is -0.149. The number of nitrogens with zero attached hydrogens (tertiary/aromatic N) is 2. The van der Waals surface area contributed by atoms with E-state index < -0.39 is 0 Å². The molecule has 0 fully saturated rings. The summed E-state index contributed by atoms with van der Waals surface area (Å²) in [7, 11) is 1.56. The molecular formula is C25H23Cl2N3O2. The van der Waals surface area contributed by atoms with Crippen LogP contribution in [0.25, 0.3) is 11.0 Å². The maximum absolute atomic E-state index is 12.5. The van der Waals surface area contributed by atoms with Gasteiger partial charge >= 0.3 is 0 Å². The van der Waals surface area contributed by atoms with Crippen LogP contribution in [0.2, 0.25) is 10.0 Å². The molecule has 0 aliphatic carbocycles. The van der Waals surface area contributed by atoms with Crippen molar-refractivity contribution in [2.24, 2.45) is 0 Å². The number of para-hydroxylation sites is 3. The Morgan fingerprint density at radius 3 is 2.66 bits per heavy atom. The molecule has 1 heterocycles. The van der Waals surface area contributed by atoms with Gasteiger partial charge in [-0.3, -0.25) is 4.79 Å². The third-order valence-electron chi connectivity index (χ3n) is 5.29. The van der Waals surface area contributed by atoms with Crippen LogP contribution >= 0.6 is 23.2 Å². The number of hydrogen-bond acceptors (Lipinski definition) is 3. The summed E-state index contributed by atoms with van der Waals surface area (Å²) in [6.07, 6.45) is 1.46. The van der Waals surface area contributed by atoms with Gasteiger partial charge in [0.2, 0.25) is 0 Å². The van der Waals surface area contributed by atoms with E-state index in [1.165, 1.54) is 0 Å². The highest BCUT2D eigenvalue weighted by Gasteiger charge is 2.14. The van der Waals surface area contributed by atoms with E-state index >= 15 is 0 Å². The standard InChI is InChI=1S/C25H23Cl2N3O2/c1-32-23-10-5-2-7-19(23)25(31)28-14-6-11-24-29-21-8-3-4-9-22(21)30(24)16-17-12-13-18(26)15-20(17)27/h2-5,7-10,12-13,15H,6,11,14,16H2,1H3,(H,28,31). The summed E-state index contributed by atoms with van der Waals surface area (Å²) >= 11 is 12.5. The van der Waals surface area contributed by atoms with Gasteiger partial charge in [0.1, 0.15) is 11.6 Å². The summed E-state index contributed by atoms with van der Waals surface area (Å²) in [6, 6.07) is 20.8. The Kier molecular flexibility index (Phi) is 6.98. The lowest BCUT2D eigenvalue weighted by Gasteiger charge is -2.12. The van der Waals surface area contributed by atoms with Crippen molar-refractivity contribution >= 4 is 40.1 Å². The minimum Gasteiger partial charge on any atom is -0.496 e. The number of hydrogen-bond donors (Lipinski definition) is 1. The number of carbonyl (C=O) groups excluding carboxylic acids is 1. The summed E-state index contributed by atoms with van der Waals surface area (Å²) < 4.78 is 7.44. The first-order chi connectivity index (χ1) is 15.6. The summed E-state index contributed by atoms with van der Waals surface area (Å²) in [6.45, 7) is 1.13. The second kappa shape index (κ2) is 10.1. The number of aromatic nitrogens is 2. The molecular weight excluding hydrogens is 445 g/mol. The number of imidazole rings is 1. The maximum Gasteiger partial charge on any atom is 0.255 e. The number of aryl methyl sites for hydroxylation is 1. The zero-order valence-corrected chi connectivity index (χ0v) is 19.2. The first-order valence-corrected chi connectivity index (χ1v) is 11.1. The Bertz CT molecular complexity index is 1250. The van der Waals surface area contributed by atoms with Crippen LogP contribution in [0.4, 0.5) is 0 Å². The molecule has 0 aliphatic heterocycles. The van der Waals surface area contributed by atoms with E-state index in [2.05, 4.69) is 16.0 Å². The molecule has 0 bridgehead atoms. The monoisotopic (exact) mass is 467 g/mol. The highest BCUT2D eigenvalue weighted by molar-refractivity contribution is 6.35. The molecule has 164 valence electrons. The predicted octanol–water partition coefficient (Wildman–Crippen LogP) is 5.76. The highest BCUT2D eigenvalue weighted by Crippen LogP contribution is 2.25. The molecule has 0 aliphatic rings. The third kappa shape index (κ3) is 4.90. The van der Waals surface area contributed by atoms with E-state index in [9.17, 15) is 4.79 Å². The first-order valence-electron chi connectivity index (χ1n) is 10.4. The molecule has 1 amide bonds. The number of methoxy groups -OCH3 is 1. The minimum absolute atomic E-state index is 0.149. The number of rotatable bonds is 8. The van der Waals surface area contributed by atoms with Crippen LogP contribution in [0.5, 0.6) is 5.75 Å². The molecule has 0 saturated carbocycles. The molecule has 0 unspecified atom stereocenters. The molecule has 1 N–H and O–H groups in total. The van der Waals surface area contributed by atoms with Gasteiger partial charge in [-0.2, -0.15) is 0 Å². The van der Waals surface area contributed by atoms with Gasteiger partial charge < -0.3 is 14.6 Å². The smallest absolute Gasteiger partial charge is 0.255 e. The number of carbonyl (C=O) groups is 1. The van der Waals surface area contributed by atoms with Crippen LogP contribution in [0.15, 0.2) is 66.7 Å². The summed E-state index contributed by atoms with van der Waals surface area (Å²) in [5.74, 6) is 1.36. The van der Waals surface area contributed by atoms with E-state index in [1.807, 2.05) is 42.5 Å². The van der Waals surface area contributed by atoms with Gasteiger partial charge in [-0.05, 0) is 48.4 Å². The fourth-order valence-corrected chi connectivity index (χ4v) is 4.16. The number of halogens is 2. The van der Waals surface area contributed by atoms with E-state index in [1.54, 1.807) is 25.3 Å². The molecule has 32 heavy (non-hydrogen) atoms. The Hall–Kier alpha value is -3.02. The molecule has 0 atom stereocenters. The number of nitrogens with one attached hydrogen (secondary N) is 1. The number of amides is 1. The average Bonchev–Trinajstić information content (AvgIpc) is 3.15. The largest absolute Gasteiger partial charge is 0.496 e. The number of fused-ring (bicyclic) bond motifs is 1. The van der Waals surface area contributed by atoms with Gasteiger partial charge in [0.15, 0.2) is 0 Å². The van der Waals surface area contributed by atoms with Crippen LogP contribution in [0.1, 0.15) is 28.2 Å². The van der Waals surface area contributed by atoms with Gasteiger partial charge in [-0.1, -0.05) is 53.5 Å². The van der Waals surface area contributed by atoms with Crippen molar-refractivity contribution in [2.45, 2.75) is 19.4 Å². The van der Waals surface area contributed by atoms with Gasteiger partial charge in [0, 0.05) is 23.0 Å². The lowest BCUT2D eigenvalue weighted by molar-refractivity contribution is 0.0950. The molecule has 7 heteroatoms. The van der Waals surface area contributed by atoms with Gasteiger partial charge in [-0.25, -0.2) is 4.98 Å². The fraction of sp³-hybridized carbons (Fsp3) is 0.200. The van der Waals surface area contributed by atoms with Crippen LogP contribution < -0.4 is 10.1 Å². The lowest BCUT2D eigenvalue weighted by Crippen LogP contribution is -2.25. The molecule has 0 spiro atoms. The first kappa shape index (κ1) is 22.2. The molecule has 4 aromatic rings. The summed E-state index contributed by atoms with van der Waals surface area (Å²) in [5, 5.41) is 4.21. The van der Waals surface area contributed by atoms with E-state index in [0.29, 0.717) is 40.9 Å². The lowest BCUT2D eigenvalue weighted by atomic mass is 10.2. The highest BCUT2D eigenvalue weighted by atomic mass is 35.5. The quantitative estimate of drug-likeness (QED) is 0.335. The molecule has 5 nitrogen and oxygen atoms in total. The average molecular weight is 468 g/mol. The Labute approximate surface area is 196 Å². The Balaban J connectivity index is 1.47. The van der Waals surface area contributed by atoms with Crippen LogP contribution in [0, 0.1) is 0 Å². The zero-order valence-electron chi connectivity index (χ0n) is 17.6. The summed E-state index contributed by atoms with van der Waals surface area (Å²) in [4.78, 5) is 17.3. The maximum atomic E-state index is 12.5. The molecule has 1 aromatic heterocycles. The normalized spacial score (nSPS) is 11.0. The van der Waals surface area contributed by atoms with Crippen molar-refractivity contribution in [1.29, 1.82) is 0 Å². The third-order valence-corrected chi connectivity index (χ3v) is 5.88. The molecule has 3 aromatic carbocycles. The number of benzene rings is 3. The Morgan fingerprint density at radius 1 is 1.06 bits per heavy atom. The second-order valence-corrected chi connectivity index (χ2v) is 8.24. The van der Waals surface area contributed by atoms with Crippen molar-refractivity contribution in [3.63, 3.8) is 0 Å². The van der Waals surface area contributed by atoms with Gasteiger partial charge in [0.05, 0.1) is 30.3 Å². The van der Waals surface area contributed by atoms with Crippen molar-refractivity contribution in [3.8, 4) is 5.75 Å². The number of ether oxygens (including phenoxy) is 1. The second-order valence-electron chi connectivity index (χ2n) is 7.40. The van der Waals surface area contributed by atoms with Crippen LogP contribution in [-0.2, 0) is 13.0 Å². The van der Waals surface area contributed by atoms with Crippen LogP contribution in [0.3, 0.4) is 0 Å².